The average molecular weight is 420 g/mol. The molecule has 0 aliphatic carbocycles. The van der Waals surface area contributed by atoms with Crippen molar-refractivity contribution in [2.24, 2.45) is 0 Å². The minimum atomic E-state index is -0.388. The quantitative estimate of drug-likeness (QED) is 0.575. The van der Waals surface area contributed by atoms with Crippen LogP contribution < -0.4 is 5.32 Å². The number of carbonyl (C=O) groups is 2. The van der Waals surface area contributed by atoms with Crippen LogP contribution in [-0.2, 0) is 16.1 Å². The summed E-state index contributed by atoms with van der Waals surface area (Å²) < 4.78 is 5.29. The van der Waals surface area contributed by atoms with Crippen molar-refractivity contribution in [3.8, 4) is 0 Å². The van der Waals surface area contributed by atoms with E-state index in [0.29, 0.717) is 24.4 Å². The third kappa shape index (κ3) is 5.09. The summed E-state index contributed by atoms with van der Waals surface area (Å²) in [7, 11) is 1.84. The Morgan fingerprint density at radius 2 is 1.77 bits per heavy atom. The molecule has 0 spiro atoms. The fraction of sp³-hybridized carbons (Fsp3) is 0.320. The van der Waals surface area contributed by atoms with Gasteiger partial charge in [0, 0.05) is 17.6 Å². The molecule has 0 saturated carbocycles. The third-order valence-electron chi connectivity index (χ3n) is 5.42. The van der Waals surface area contributed by atoms with Crippen molar-refractivity contribution in [1.29, 1.82) is 0 Å². The lowest BCUT2D eigenvalue weighted by Crippen LogP contribution is -2.31. The maximum atomic E-state index is 12.7. The number of nitrogens with zero attached hydrogens (tertiary/aromatic N) is 2. The molecule has 6 nitrogen and oxygen atoms in total. The number of hydrogen-bond donors (Lipinski definition) is 1. The van der Waals surface area contributed by atoms with E-state index in [0.717, 1.165) is 33.3 Å². The summed E-state index contributed by atoms with van der Waals surface area (Å²) >= 11 is 0. The molecule has 1 amide bonds. The Morgan fingerprint density at radius 3 is 2.52 bits per heavy atom. The molecule has 2 aromatic carbocycles. The van der Waals surface area contributed by atoms with Crippen molar-refractivity contribution < 1.29 is 14.3 Å². The van der Waals surface area contributed by atoms with Crippen LogP contribution in [0, 0.1) is 20.8 Å². The monoisotopic (exact) mass is 419 g/mol. The molecule has 31 heavy (non-hydrogen) atoms. The maximum absolute atomic E-state index is 12.7. The summed E-state index contributed by atoms with van der Waals surface area (Å²) in [5, 5.41) is 3.89. The van der Waals surface area contributed by atoms with Gasteiger partial charge in [-0.05, 0) is 63.6 Å². The molecule has 0 saturated heterocycles. The van der Waals surface area contributed by atoms with E-state index in [2.05, 4.69) is 5.32 Å². The number of nitrogens with one attached hydrogen (secondary N) is 1. The van der Waals surface area contributed by atoms with Crippen LogP contribution in [0.1, 0.15) is 39.7 Å². The first-order valence-corrected chi connectivity index (χ1v) is 10.4. The number of pyridine rings is 1. The molecule has 0 atom stereocenters. The van der Waals surface area contributed by atoms with Gasteiger partial charge in [-0.25, -0.2) is 4.79 Å². The number of para-hydroxylation sites is 1. The Labute approximate surface area is 183 Å². The van der Waals surface area contributed by atoms with Crippen molar-refractivity contribution in [2.75, 3.05) is 25.5 Å². The summed E-state index contributed by atoms with van der Waals surface area (Å²) in [4.78, 5) is 31.9. The molecule has 1 heterocycles. The predicted molar refractivity (Wildman–Crippen MR) is 123 cm³/mol. The minimum absolute atomic E-state index is 0.119. The van der Waals surface area contributed by atoms with E-state index in [1.165, 1.54) is 0 Å². The standard InChI is InChI=1S/C25H29N3O3/c1-6-31-25(30)24-18(4)19-11-7-8-12-21(19)26-22(24)14-28(5)15-23(29)27-20-13-9-10-16(2)17(20)3/h7-13H,6,14-15H2,1-5H3,(H,27,29). The number of aromatic nitrogens is 1. The SMILES string of the molecule is CCOC(=O)c1c(CN(C)CC(=O)Nc2cccc(C)c2C)nc2ccccc2c1C. The van der Waals surface area contributed by atoms with Gasteiger partial charge in [0.1, 0.15) is 0 Å². The van der Waals surface area contributed by atoms with Gasteiger partial charge < -0.3 is 10.1 Å². The van der Waals surface area contributed by atoms with Crippen molar-refractivity contribution >= 4 is 28.5 Å². The zero-order valence-electron chi connectivity index (χ0n) is 18.8. The van der Waals surface area contributed by atoms with E-state index in [-0.39, 0.29) is 18.4 Å². The number of amides is 1. The van der Waals surface area contributed by atoms with Gasteiger partial charge in [0.05, 0.1) is 29.9 Å². The van der Waals surface area contributed by atoms with Crippen molar-refractivity contribution in [3.63, 3.8) is 0 Å². The second-order valence-electron chi connectivity index (χ2n) is 7.76. The molecule has 162 valence electrons. The highest BCUT2D eigenvalue weighted by Crippen LogP contribution is 2.24. The maximum Gasteiger partial charge on any atom is 0.340 e. The molecule has 3 aromatic rings. The molecule has 0 aliphatic rings. The van der Waals surface area contributed by atoms with E-state index >= 15 is 0 Å². The van der Waals surface area contributed by atoms with Crippen LogP contribution in [0.15, 0.2) is 42.5 Å². The van der Waals surface area contributed by atoms with Gasteiger partial charge in [-0.3, -0.25) is 14.7 Å². The zero-order chi connectivity index (χ0) is 22.5. The molecule has 0 bridgehead atoms. The summed E-state index contributed by atoms with van der Waals surface area (Å²) in [6.07, 6.45) is 0. The number of esters is 1. The van der Waals surface area contributed by atoms with Crippen LogP contribution in [0.5, 0.6) is 0 Å². The number of likely N-dealkylation sites (N-methyl/N-ethyl adjacent to an activating group) is 1. The average Bonchev–Trinajstić information content (AvgIpc) is 2.71. The highest BCUT2D eigenvalue weighted by atomic mass is 16.5. The van der Waals surface area contributed by atoms with Crippen LogP contribution in [0.25, 0.3) is 10.9 Å². The smallest absolute Gasteiger partial charge is 0.340 e. The first kappa shape index (κ1) is 22.4. The number of aryl methyl sites for hydroxylation is 2. The molecule has 6 heteroatoms. The van der Waals surface area contributed by atoms with E-state index in [1.54, 1.807) is 6.92 Å². The first-order chi connectivity index (χ1) is 14.8. The highest BCUT2D eigenvalue weighted by Gasteiger charge is 2.21. The lowest BCUT2D eigenvalue weighted by atomic mass is 10.0. The number of hydrogen-bond acceptors (Lipinski definition) is 5. The Kier molecular flexibility index (Phi) is 7.02. The Morgan fingerprint density at radius 1 is 1.03 bits per heavy atom. The normalized spacial score (nSPS) is 11.0. The highest BCUT2D eigenvalue weighted by molar-refractivity contribution is 5.98. The second kappa shape index (κ2) is 9.71. The molecule has 1 N–H and O–H groups in total. The summed E-state index contributed by atoms with van der Waals surface area (Å²) in [6, 6.07) is 13.6. The number of rotatable bonds is 7. The molecule has 0 unspecified atom stereocenters. The zero-order valence-corrected chi connectivity index (χ0v) is 18.8. The van der Waals surface area contributed by atoms with Crippen LogP contribution in [0.4, 0.5) is 5.69 Å². The fourth-order valence-corrected chi connectivity index (χ4v) is 3.66. The van der Waals surface area contributed by atoms with Gasteiger partial charge in [-0.1, -0.05) is 30.3 Å². The molecule has 1 aromatic heterocycles. The van der Waals surface area contributed by atoms with Crippen molar-refractivity contribution in [2.45, 2.75) is 34.2 Å². The molecule has 0 fully saturated rings. The Bertz CT molecular complexity index is 1120. The van der Waals surface area contributed by atoms with Gasteiger partial charge in [-0.2, -0.15) is 0 Å². The largest absolute Gasteiger partial charge is 0.462 e. The summed E-state index contributed by atoms with van der Waals surface area (Å²) in [5.74, 6) is -0.507. The van der Waals surface area contributed by atoms with E-state index in [9.17, 15) is 9.59 Å². The Balaban J connectivity index is 1.82. The van der Waals surface area contributed by atoms with Crippen LogP contribution in [0.2, 0.25) is 0 Å². The van der Waals surface area contributed by atoms with E-state index in [1.807, 2.05) is 75.2 Å². The van der Waals surface area contributed by atoms with Gasteiger partial charge in [0.2, 0.25) is 5.91 Å². The van der Waals surface area contributed by atoms with Crippen LogP contribution in [-0.4, -0.2) is 42.0 Å². The lowest BCUT2D eigenvalue weighted by Gasteiger charge is -2.20. The minimum Gasteiger partial charge on any atom is -0.462 e. The Hall–Kier alpha value is -3.25. The summed E-state index contributed by atoms with van der Waals surface area (Å²) in [6.45, 7) is 8.50. The molecular formula is C25H29N3O3. The first-order valence-electron chi connectivity index (χ1n) is 10.4. The third-order valence-corrected chi connectivity index (χ3v) is 5.42. The predicted octanol–water partition coefficient (Wildman–Crippen LogP) is 4.41. The van der Waals surface area contributed by atoms with Gasteiger partial charge in [-0.15, -0.1) is 0 Å². The lowest BCUT2D eigenvalue weighted by molar-refractivity contribution is -0.117. The van der Waals surface area contributed by atoms with Gasteiger partial charge in [0.15, 0.2) is 0 Å². The van der Waals surface area contributed by atoms with Crippen LogP contribution in [0.3, 0.4) is 0 Å². The molecule has 0 radical (unpaired) electrons. The molecule has 0 aliphatic heterocycles. The van der Waals surface area contributed by atoms with Gasteiger partial charge in [0.25, 0.3) is 0 Å². The van der Waals surface area contributed by atoms with E-state index in [4.69, 9.17) is 9.72 Å². The summed E-state index contributed by atoms with van der Waals surface area (Å²) in [5.41, 5.74) is 5.73. The number of fused-ring (bicyclic) bond motifs is 1. The number of ether oxygens (including phenoxy) is 1. The number of benzene rings is 2. The number of anilines is 1. The van der Waals surface area contributed by atoms with Crippen molar-refractivity contribution in [1.82, 2.24) is 9.88 Å². The molecular weight excluding hydrogens is 390 g/mol. The van der Waals surface area contributed by atoms with Crippen molar-refractivity contribution in [3.05, 3.63) is 70.4 Å². The number of carbonyl (C=O) groups excluding carboxylic acids is 2. The van der Waals surface area contributed by atoms with E-state index < -0.39 is 0 Å². The topological polar surface area (TPSA) is 71.5 Å². The van der Waals surface area contributed by atoms with Gasteiger partial charge >= 0.3 is 5.97 Å². The second-order valence-corrected chi connectivity index (χ2v) is 7.76. The fourth-order valence-electron chi connectivity index (χ4n) is 3.66. The molecule has 3 rings (SSSR count). The van der Waals surface area contributed by atoms with Crippen LogP contribution >= 0.6 is 0 Å².